The Bertz CT molecular complexity index is 1250. The van der Waals surface area contributed by atoms with Crippen LogP contribution in [0.1, 0.15) is 0 Å². The molecule has 0 fully saturated rings. The van der Waals surface area contributed by atoms with Gasteiger partial charge >= 0.3 is 5.97 Å². The highest BCUT2D eigenvalue weighted by Gasteiger charge is 2.12. The Hall–Kier alpha value is -3.35. The van der Waals surface area contributed by atoms with Crippen LogP contribution in [-0.2, 0) is 9.53 Å². The zero-order chi connectivity index (χ0) is 21.8. The standard InChI is InChI=1S/C23H17Cl2N3O3/c1-30-21(29)13-31-16-9-6-14(7-10-16)22-17-4-2-3-5-18(17)23(28-27-22)26-15-8-11-19(24)20(25)12-15/h2-12H,13H2,1H3,(H,26,28). The van der Waals surface area contributed by atoms with Crippen molar-refractivity contribution in [1.29, 1.82) is 0 Å². The van der Waals surface area contributed by atoms with Crippen LogP contribution in [0.3, 0.4) is 0 Å². The molecule has 0 spiro atoms. The zero-order valence-corrected chi connectivity index (χ0v) is 17.9. The van der Waals surface area contributed by atoms with Crippen molar-refractivity contribution in [3.05, 3.63) is 76.8 Å². The number of fused-ring (bicyclic) bond motifs is 1. The summed E-state index contributed by atoms with van der Waals surface area (Å²) in [5.74, 6) is 0.728. The lowest BCUT2D eigenvalue weighted by Crippen LogP contribution is -2.12. The van der Waals surface area contributed by atoms with E-state index >= 15 is 0 Å². The second-order valence-electron chi connectivity index (χ2n) is 6.59. The fraction of sp³-hybridized carbons (Fsp3) is 0.0870. The maximum atomic E-state index is 11.2. The molecule has 6 nitrogen and oxygen atoms in total. The van der Waals surface area contributed by atoms with E-state index in [1.54, 1.807) is 24.3 Å². The minimum Gasteiger partial charge on any atom is -0.482 e. The monoisotopic (exact) mass is 453 g/mol. The van der Waals surface area contributed by atoms with E-state index in [1.807, 2.05) is 42.5 Å². The van der Waals surface area contributed by atoms with Crippen LogP contribution in [0.2, 0.25) is 10.0 Å². The van der Waals surface area contributed by atoms with Gasteiger partial charge in [-0.25, -0.2) is 4.79 Å². The van der Waals surface area contributed by atoms with Gasteiger partial charge in [0.05, 0.1) is 17.2 Å². The van der Waals surface area contributed by atoms with E-state index in [0.29, 0.717) is 21.6 Å². The van der Waals surface area contributed by atoms with Gasteiger partial charge in [-0.1, -0.05) is 47.5 Å². The molecule has 1 aromatic heterocycles. The van der Waals surface area contributed by atoms with Gasteiger partial charge in [-0.05, 0) is 42.5 Å². The number of halogens is 2. The second kappa shape index (κ2) is 9.20. The third-order valence-electron chi connectivity index (χ3n) is 4.58. The fourth-order valence-corrected chi connectivity index (χ4v) is 3.33. The highest BCUT2D eigenvalue weighted by molar-refractivity contribution is 6.42. The highest BCUT2D eigenvalue weighted by Crippen LogP contribution is 2.33. The van der Waals surface area contributed by atoms with Crippen molar-refractivity contribution >= 4 is 51.4 Å². The molecule has 156 valence electrons. The maximum Gasteiger partial charge on any atom is 0.343 e. The number of nitrogens with zero attached hydrogens (tertiary/aromatic N) is 2. The summed E-state index contributed by atoms with van der Waals surface area (Å²) in [6.07, 6.45) is 0. The van der Waals surface area contributed by atoms with Gasteiger partial charge in [-0.2, -0.15) is 0 Å². The Balaban J connectivity index is 1.65. The molecule has 0 unspecified atom stereocenters. The van der Waals surface area contributed by atoms with Crippen LogP contribution in [0.5, 0.6) is 5.75 Å². The number of aromatic nitrogens is 2. The minimum atomic E-state index is -0.439. The van der Waals surface area contributed by atoms with Crippen LogP contribution in [0, 0.1) is 0 Å². The first-order valence-corrected chi connectivity index (χ1v) is 10.1. The summed E-state index contributed by atoms with van der Waals surface area (Å²) >= 11 is 12.1. The summed E-state index contributed by atoms with van der Waals surface area (Å²) in [5, 5.41) is 14.9. The van der Waals surface area contributed by atoms with E-state index in [0.717, 1.165) is 27.7 Å². The van der Waals surface area contributed by atoms with Crippen LogP contribution in [0.15, 0.2) is 66.7 Å². The number of hydrogen-bond acceptors (Lipinski definition) is 6. The Labute approximate surface area is 188 Å². The maximum absolute atomic E-state index is 11.2. The molecule has 3 aromatic carbocycles. The molecular formula is C23H17Cl2N3O3. The summed E-state index contributed by atoms with van der Waals surface area (Å²) in [6, 6.07) is 20.4. The van der Waals surface area contributed by atoms with Crippen LogP contribution < -0.4 is 10.1 Å². The van der Waals surface area contributed by atoms with Crippen molar-refractivity contribution in [2.45, 2.75) is 0 Å². The van der Waals surface area contributed by atoms with Gasteiger partial charge in [0.15, 0.2) is 12.4 Å². The van der Waals surface area contributed by atoms with E-state index in [-0.39, 0.29) is 6.61 Å². The van der Waals surface area contributed by atoms with Crippen molar-refractivity contribution in [2.24, 2.45) is 0 Å². The molecular weight excluding hydrogens is 437 g/mol. The number of nitrogens with one attached hydrogen (secondary N) is 1. The SMILES string of the molecule is COC(=O)COc1ccc(-c2nnc(Nc3ccc(Cl)c(Cl)c3)c3ccccc23)cc1. The molecule has 1 N–H and O–H groups in total. The van der Waals surface area contributed by atoms with Crippen molar-refractivity contribution in [2.75, 3.05) is 19.0 Å². The average molecular weight is 454 g/mol. The van der Waals surface area contributed by atoms with Gasteiger partial charge in [0.2, 0.25) is 0 Å². The molecule has 0 saturated heterocycles. The summed E-state index contributed by atoms with van der Waals surface area (Å²) in [5.41, 5.74) is 2.36. The number of benzene rings is 3. The lowest BCUT2D eigenvalue weighted by atomic mass is 10.0. The number of methoxy groups -OCH3 is 1. The molecule has 0 amide bonds. The van der Waals surface area contributed by atoms with E-state index in [1.165, 1.54) is 7.11 Å². The van der Waals surface area contributed by atoms with Gasteiger partial charge in [0, 0.05) is 22.0 Å². The number of carbonyl (C=O) groups excluding carboxylic acids is 1. The quantitative estimate of drug-likeness (QED) is 0.366. The summed E-state index contributed by atoms with van der Waals surface area (Å²) in [6.45, 7) is -0.145. The van der Waals surface area contributed by atoms with Crippen molar-refractivity contribution in [3.8, 4) is 17.0 Å². The van der Waals surface area contributed by atoms with Crippen molar-refractivity contribution in [1.82, 2.24) is 10.2 Å². The molecule has 0 bridgehead atoms. The smallest absolute Gasteiger partial charge is 0.343 e. The number of rotatable bonds is 6. The van der Waals surface area contributed by atoms with Crippen molar-refractivity contribution in [3.63, 3.8) is 0 Å². The van der Waals surface area contributed by atoms with Gasteiger partial charge in [0.25, 0.3) is 0 Å². The minimum absolute atomic E-state index is 0.145. The lowest BCUT2D eigenvalue weighted by molar-refractivity contribution is -0.142. The molecule has 1 heterocycles. The number of esters is 1. The predicted molar refractivity (Wildman–Crippen MR) is 122 cm³/mol. The fourth-order valence-electron chi connectivity index (χ4n) is 3.03. The first-order valence-electron chi connectivity index (χ1n) is 9.32. The molecule has 0 aliphatic carbocycles. The summed E-state index contributed by atoms with van der Waals surface area (Å²) in [4.78, 5) is 11.2. The topological polar surface area (TPSA) is 73.3 Å². The van der Waals surface area contributed by atoms with E-state index < -0.39 is 5.97 Å². The van der Waals surface area contributed by atoms with Gasteiger partial charge in [0.1, 0.15) is 11.4 Å². The molecule has 0 saturated carbocycles. The first-order chi connectivity index (χ1) is 15.0. The highest BCUT2D eigenvalue weighted by atomic mass is 35.5. The number of anilines is 2. The molecule has 4 aromatic rings. The third kappa shape index (κ3) is 4.71. The molecule has 31 heavy (non-hydrogen) atoms. The number of hydrogen-bond donors (Lipinski definition) is 1. The first kappa shape index (κ1) is 20.9. The van der Waals surface area contributed by atoms with Crippen molar-refractivity contribution < 1.29 is 14.3 Å². The van der Waals surface area contributed by atoms with E-state index in [9.17, 15) is 4.79 Å². The average Bonchev–Trinajstić information content (AvgIpc) is 2.80. The Kier molecular flexibility index (Phi) is 6.21. The van der Waals surface area contributed by atoms with Crippen LogP contribution in [0.25, 0.3) is 22.0 Å². The normalized spacial score (nSPS) is 10.7. The van der Waals surface area contributed by atoms with Crippen LogP contribution in [0.4, 0.5) is 11.5 Å². The Morgan fingerprint density at radius 2 is 1.68 bits per heavy atom. The number of ether oxygens (including phenoxy) is 2. The Morgan fingerprint density at radius 3 is 2.39 bits per heavy atom. The summed E-state index contributed by atoms with van der Waals surface area (Å²) in [7, 11) is 1.32. The molecule has 0 aliphatic heterocycles. The zero-order valence-electron chi connectivity index (χ0n) is 16.4. The molecule has 0 atom stereocenters. The van der Waals surface area contributed by atoms with Gasteiger partial charge in [-0.15, -0.1) is 10.2 Å². The van der Waals surface area contributed by atoms with Crippen LogP contribution in [-0.4, -0.2) is 29.9 Å². The van der Waals surface area contributed by atoms with E-state index in [2.05, 4.69) is 20.3 Å². The lowest BCUT2D eigenvalue weighted by Gasteiger charge is -2.12. The van der Waals surface area contributed by atoms with E-state index in [4.69, 9.17) is 27.9 Å². The molecule has 8 heteroatoms. The Morgan fingerprint density at radius 1 is 0.935 bits per heavy atom. The third-order valence-corrected chi connectivity index (χ3v) is 5.32. The molecule has 0 radical (unpaired) electrons. The molecule has 0 aliphatic rings. The largest absolute Gasteiger partial charge is 0.482 e. The van der Waals surface area contributed by atoms with Gasteiger partial charge in [-0.3, -0.25) is 0 Å². The second-order valence-corrected chi connectivity index (χ2v) is 7.40. The predicted octanol–water partition coefficient (Wildman–Crippen LogP) is 5.90. The summed E-state index contributed by atoms with van der Waals surface area (Å²) < 4.78 is 9.98. The van der Waals surface area contributed by atoms with Crippen LogP contribution >= 0.6 is 23.2 Å². The molecule has 4 rings (SSSR count). The number of carbonyl (C=O) groups is 1. The van der Waals surface area contributed by atoms with Gasteiger partial charge < -0.3 is 14.8 Å².